The molecule has 3 N–H and O–H groups in total. The fourth-order valence-corrected chi connectivity index (χ4v) is 2.09. The molecule has 0 bridgehead atoms. The maximum absolute atomic E-state index is 13.3. The highest BCUT2D eigenvalue weighted by Gasteiger charge is 2.45. The minimum atomic E-state index is -1.68. The zero-order valence-electron chi connectivity index (χ0n) is 11.1. The Morgan fingerprint density at radius 1 is 1.63 bits per heavy atom. The molecule has 1 heterocycles. The maximum atomic E-state index is 13.3. The summed E-state index contributed by atoms with van der Waals surface area (Å²) in [7, 11) is 1.17. The van der Waals surface area contributed by atoms with E-state index in [1.54, 1.807) is 13.8 Å². The Hall–Kier alpha value is -1.28. The molecule has 1 aliphatic heterocycles. The van der Waals surface area contributed by atoms with Crippen molar-refractivity contribution in [3.63, 3.8) is 0 Å². The van der Waals surface area contributed by atoms with E-state index in [1.807, 2.05) is 0 Å². The van der Waals surface area contributed by atoms with Crippen molar-refractivity contribution in [3.05, 3.63) is 0 Å². The number of nitrogens with two attached hydrogens (primary N) is 1. The van der Waals surface area contributed by atoms with Crippen LogP contribution in [-0.4, -0.2) is 47.4 Å². The highest BCUT2D eigenvalue weighted by atomic mass is 32.1. The number of ether oxygens (including phenoxy) is 1. The van der Waals surface area contributed by atoms with Gasteiger partial charge in [0.15, 0.2) is 5.66 Å². The van der Waals surface area contributed by atoms with Crippen LogP contribution in [0.4, 0.5) is 9.18 Å². The normalized spacial score (nSPS) is 22.3. The van der Waals surface area contributed by atoms with Crippen molar-refractivity contribution < 1.29 is 18.7 Å². The molecule has 0 aliphatic carbocycles. The first-order valence-corrected chi connectivity index (χ1v) is 6.27. The van der Waals surface area contributed by atoms with Crippen LogP contribution in [0, 0.1) is 5.92 Å². The fourth-order valence-electron chi connectivity index (χ4n) is 1.75. The minimum Gasteiger partial charge on any atom is -0.453 e. The zero-order chi connectivity index (χ0) is 14.8. The number of methoxy groups -OCH3 is 1. The first kappa shape index (κ1) is 15.8. The summed E-state index contributed by atoms with van der Waals surface area (Å²) in [5.74, 6) is -1.04. The summed E-state index contributed by atoms with van der Waals surface area (Å²) in [5, 5.41) is 2.30. The summed E-state index contributed by atoms with van der Waals surface area (Å²) < 4.78 is 17.7. The van der Waals surface area contributed by atoms with Crippen LogP contribution in [-0.2, 0) is 9.53 Å². The van der Waals surface area contributed by atoms with E-state index in [1.165, 1.54) is 7.11 Å². The Morgan fingerprint density at radius 3 is 2.58 bits per heavy atom. The van der Waals surface area contributed by atoms with Gasteiger partial charge in [-0.2, -0.15) is 0 Å². The molecule has 1 fully saturated rings. The van der Waals surface area contributed by atoms with Crippen LogP contribution < -0.4 is 11.1 Å². The van der Waals surface area contributed by atoms with Crippen LogP contribution in [0.3, 0.4) is 0 Å². The molecule has 2 atom stereocenters. The Morgan fingerprint density at radius 2 is 2.21 bits per heavy atom. The monoisotopic (exact) mass is 291 g/mol. The number of halogens is 1. The van der Waals surface area contributed by atoms with Gasteiger partial charge in [-0.3, -0.25) is 10.1 Å². The van der Waals surface area contributed by atoms with Crippen LogP contribution in [0.15, 0.2) is 0 Å². The van der Waals surface area contributed by atoms with Gasteiger partial charge in [-0.25, -0.2) is 9.18 Å². The molecule has 19 heavy (non-hydrogen) atoms. The third-order valence-corrected chi connectivity index (χ3v) is 3.47. The Bertz CT molecular complexity index is 405. The molecule has 1 unspecified atom stereocenters. The average molecular weight is 291 g/mol. The molecular formula is C11H18FN3O3S. The van der Waals surface area contributed by atoms with Gasteiger partial charge >= 0.3 is 6.09 Å². The zero-order valence-corrected chi connectivity index (χ0v) is 11.9. The minimum absolute atomic E-state index is 0.0213. The van der Waals surface area contributed by atoms with Crippen molar-refractivity contribution >= 4 is 29.2 Å². The third kappa shape index (κ3) is 3.19. The SMILES string of the molecule is COC(=O)NC(N)(C(=O)N1C[C@@H](F)CC1=S)C(C)C. The Labute approximate surface area is 116 Å². The highest BCUT2D eigenvalue weighted by molar-refractivity contribution is 7.80. The second kappa shape index (κ2) is 5.79. The third-order valence-electron chi connectivity index (χ3n) is 3.08. The average Bonchev–Trinajstić information content (AvgIpc) is 2.66. The molecular weight excluding hydrogens is 273 g/mol. The predicted octanol–water partition coefficient (Wildman–Crippen LogP) is 0.551. The number of carbonyl (C=O) groups is 2. The maximum Gasteiger partial charge on any atom is 0.408 e. The molecule has 0 spiro atoms. The lowest BCUT2D eigenvalue weighted by Gasteiger charge is -2.35. The summed E-state index contributed by atoms with van der Waals surface area (Å²) in [6.07, 6.45) is -1.99. The standard InChI is InChI=1S/C11H18FN3O3S/c1-6(2)11(13,14-10(17)18-3)9(16)15-5-7(12)4-8(15)19/h6-7H,4-5,13H2,1-3H3,(H,14,17)/t7-,11?/m0/s1. The highest BCUT2D eigenvalue weighted by Crippen LogP contribution is 2.22. The molecule has 108 valence electrons. The molecule has 0 saturated carbocycles. The Kier molecular flexibility index (Phi) is 4.81. The summed E-state index contributed by atoms with van der Waals surface area (Å²) in [4.78, 5) is 25.0. The number of carbonyl (C=O) groups excluding carboxylic acids is 2. The molecule has 6 nitrogen and oxygen atoms in total. The number of alkyl halides is 1. The number of rotatable bonds is 3. The van der Waals surface area contributed by atoms with E-state index in [0.717, 1.165) is 4.90 Å². The summed E-state index contributed by atoms with van der Waals surface area (Å²) in [5.41, 5.74) is 4.28. The lowest BCUT2D eigenvalue weighted by molar-refractivity contribution is -0.135. The fraction of sp³-hybridized carbons (Fsp3) is 0.727. The Balaban J connectivity index is 2.96. The first-order valence-electron chi connectivity index (χ1n) is 5.86. The lowest BCUT2D eigenvalue weighted by Crippen LogP contribution is -2.68. The number of likely N-dealkylation sites (tertiary alicyclic amines) is 1. The number of nitrogens with zero attached hydrogens (tertiary/aromatic N) is 1. The molecule has 1 aliphatic rings. The molecule has 0 radical (unpaired) electrons. The van der Waals surface area contributed by atoms with Crippen LogP contribution in [0.1, 0.15) is 20.3 Å². The number of hydrogen-bond acceptors (Lipinski definition) is 5. The number of amides is 2. The molecule has 0 aromatic rings. The van der Waals surface area contributed by atoms with Crippen molar-refractivity contribution in [1.29, 1.82) is 0 Å². The van der Waals surface area contributed by atoms with Gasteiger partial charge in [-0.05, 0) is 5.92 Å². The number of hydrogen-bond donors (Lipinski definition) is 2. The van der Waals surface area contributed by atoms with E-state index in [4.69, 9.17) is 18.0 Å². The van der Waals surface area contributed by atoms with E-state index >= 15 is 0 Å². The number of alkyl carbamates (subject to hydrolysis) is 1. The molecule has 1 rings (SSSR count). The van der Waals surface area contributed by atoms with E-state index in [2.05, 4.69) is 10.1 Å². The topological polar surface area (TPSA) is 84.7 Å². The van der Waals surface area contributed by atoms with Gasteiger partial charge in [-0.1, -0.05) is 26.1 Å². The van der Waals surface area contributed by atoms with Crippen LogP contribution in [0.5, 0.6) is 0 Å². The molecule has 0 aromatic heterocycles. The van der Waals surface area contributed by atoms with Crippen LogP contribution in [0.25, 0.3) is 0 Å². The van der Waals surface area contributed by atoms with Gasteiger partial charge in [0.05, 0.1) is 18.6 Å². The number of thiocarbonyl (C=S) groups is 1. The second-order valence-electron chi connectivity index (χ2n) is 4.75. The van der Waals surface area contributed by atoms with Crippen molar-refractivity contribution in [1.82, 2.24) is 10.2 Å². The second-order valence-corrected chi connectivity index (χ2v) is 5.22. The molecule has 8 heteroatoms. The van der Waals surface area contributed by atoms with Gasteiger partial charge in [0, 0.05) is 6.42 Å². The van der Waals surface area contributed by atoms with Crippen LogP contribution >= 0.6 is 12.2 Å². The molecule has 1 saturated heterocycles. The van der Waals surface area contributed by atoms with E-state index in [-0.39, 0.29) is 18.0 Å². The van der Waals surface area contributed by atoms with Gasteiger partial charge in [0.1, 0.15) is 6.17 Å². The van der Waals surface area contributed by atoms with E-state index in [0.29, 0.717) is 0 Å². The quantitative estimate of drug-likeness (QED) is 0.586. The van der Waals surface area contributed by atoms with Crippen molar-refractivity contribution in [2.75, 3.05) is 13.7 Å². The lowest BCUT2D eigenvalue weighted by atomic mass is 9.95. The van der Waals surface area contributed by atoms with Gasteiger partial charge in [0.25, 0.3) is 5.91 Å². The summed E-state index contributed by atoms with van der Waals surface area (Å²) >= 11 is 4.96. The van der Waals surface area contributed by atoms with Crippen molar-refractivity contribution in [2.45, 2.75) is 32.1 Å². The van der Waals surface area contributed by atoms with E-state index < -0.39 is 29.8 Å². The molecule has 2 amide bonds. The summed E-state index contributed by atoms with van der Waals surface area (Å²) in [6.45, 7) is 3.20. The number of nitrogens with one attached hydrogen (secondary N) is 1. The smallest absolute Gasteiger partial charge is 0.408 e. The van der Waals surface area contributed by atoms with Crippen molar-refractivity contribution in [2.24, 2.45) is 11.7 Å². The first-order chi connectivity index (χ1) is 8.72. The van der Waals surface area contributed by atoms with E-state index in [9.17, 15) is 14.0 Å². The largest absolute Gasteiger partial charge is 0.453 e. The van der Waals surface area contributed by atoms with Crippen LogP contribution in [0.2, 0.25) is 0 Å². The van der Waals surface area contributed by atoms with Gasteiger partial charge < -0.3 is 15.4 Å². The summed E-state index contributed by atoms with van der Waals surface area (Å²) in [6, 6.07) is 0. The van der Waals surface area contributed by atoms with Gasteiger partial charge in [-0.15, -0.1) is 0 Å². The predicted molar refractivity (Wildman–Crippen MR) is 71.1 cm³/mol. The van der Waals surface area contributed by atoms with Gasteiger partial charge in [0.2, 0.25) is 0 Å². The molecule has 0 aromatic carbocycles. The van der Waals surface area contributed by atoms with Crippen molar-refractivity contribution in [3.8, 4) is 0 Å².